The summed E-state index contributed by atoms with van der Waals surface area (Å²) >= 11 is 0. The van der Waals surface area contributed by atoms with E-state index in [2.05, 4.69) is 20.6 Å². The van der Waals surface area contributed by atoms with E-state index in [0.717, 1.165) is 11.1 Å². The Balaban J connectivity index is 1.61. The fourth-order valence-corrected chi connectivity index (χ4v) is 3.44. The van der Waals surface area contributed by atoms with Crippen LogP contribution >= 0.6 is 0 Å². The molecule has 4 rings (SSSR count). The molecule has 8 heteroatoms. The van der Waals surface area contributed by atoms with Crippen molar-refractivity contribution >= 4 is 29.4 Å². The average Bonchev–Trinajstić information content (AvgIpc) is 2.79. The molecule has 0 spiro atoms. The molecular formula is C24H25N5O3. The largest absolute Gasteiger partial charge is 0.378 e. The minimum atomic E-state index is -0.316. The fraction of sp³-hybridized carbons (Fsp3) is 0.250. The number of carbonyl (C=O) groups is 2. The maximum Gasteiger partial charge on any atom is 0.258 e. The van der Waals surface area contributed by atoms with Crippen LogP contribution in [0.4, 0.5) is 17.6 Å². The van der Waals surface area contributed by atoms with Gasteiger partial charge in [0.1, 0.15) is 11.6 Å². The van der Waals surface area contributed by atoms with Gasteiger partial charge in [-0.1, -0.05) is 35.4 Å². The summed E-state index contributed by atoms with van der Waals surface area (Å²) in [4.78, 5) is 36.4. The molecule has 1 saturated heterocycles. The molecule has 3 aromatic rings. The second-order valence-electron chi connectivity index (χ2n) is 7.68. The van der Waals surface area contributed by atoms with E-state index in [1.54, 1.807) is 30.3 Å². The minimum Gasteiger partial charge on any atom is -0.378 e. The van der Waals surface area contributed by atoms with E-state index >= 15 is 0 Å². The number of nitrogens with one attached hydrogen (secondary N) is 2. The van der Waals surface area contributed by atoms with Gasteiger partial charge in [0.15, 0.2) is 0 Å². The Morgan fingerprint density at radius 2 is 1.44 bits per heavy atom. The van der Waals surface area contributed by atoms with Crippen molar-refractivity contribution in [3.63, 3.8) is 0 Å². The molecule has 0 radical (unpaired) electrons. The number of morpholine rings is 1. The van der Waals surface area contributed by atoms with E-state index in [1.165, 1.54) is 0 Å². The second kappa shape index (κ2) is 9.57. The third-order valence-corrected chi connectivity index (χ3v) is 5.08. The van der Waals surface area contributed by atoms with Crippen LogP contribution in [0.3, 0.4) is 0 Å². The normalized spacial score (nSPS) is 13.5. The first kappa shape index (κ1) is 21.5. The molecule has 8 nitrogen and oxygen atoms in total. The lowest BCUT2D eigenvalue weighted by Gasteiger charge is -2.28. The highest BCUT2D eigenvalue weighted by Gasteiger charge is 2.18. The standard InChI is InChI=1S/C24H25N5O3/c1-16-5-3-7-18(13-16)22(30)25-20-15-21(29-9-11-32-12-10-29)27-24(26-20)28-23(31)19-8-4-6-17(2)14-19/h3-8,13-15H,9-12H2,1-2H3,(H2,25,26,27,28,30,31). The zero-order chi connectivity index (χ0) is 22.5. The lowest BCUT2D eigenvalue weighted by Crippen LogP contribution is -2.37. The van der Waals surface area contributed by atoms with Crippen molar-refractivity contribution in [1.29, 1.82) is 0 Å². The number of aromatic nitrogens is 2. The molecule has 32 heavy (non-hydrogen) atoms. The predicted octanol–water partition coefficient (Wildman–Crippen LogP) is 3.43. The molecule has 1 aliphatic rings. The topological polar surface area (TPSA) is 96.5 Å². The van der Waals surface area contributed by atoms with E-state index in [4.69, 9.17) is 4.74 Å². The molecule has 1 aromatic heterocycles. The van der Waals surface area contributed by atoms with Crippen molar-refractivity contribution in [3.05, 3.63) is 76.9 Å². The van der Waals surface area contributed by atoms with Gasteiger partial charge in [0.05, 0.1) is 13.2 Å². The van der Waals surface area contributed by atoms with Gasteiger partial charge in [-0.05, 0) is 38.1 Å². The Kier molecular flexibility index (Phi) is 6.42. The minimum absolute atomic E-state index is 0.125. The number of anilines is 3. The van der Waals surface area contributed by atoms with Crippen LogP contribution in [-0.4, -0.2) is 48.1 Å². The van der Waals surface area contributed by atoms with Crippen LogP contribution in [0.1, 0.15) is 31.8 Å². The van der Waals surface area contributed by atoms with Gasteiger partial charge in [-0.15, -0.1) is 0 Å². The zero-order valence-electron chi connectivity index (χ0n) is 18.1. The Hall–Kier alpha value is -3.78. The first-order valence-corrected chi connectivity index (χ1v) is 10.5. The van der Waals surface area contributed by atoms with Gasteiger partial charge >= 0.3 is 0 Å². The smallest absolute Gasteiger partial charge is 0.258 e. The Bertz CT molecular complexity index is 1060. The van der Waals surface area contributed by atoms with E-state index in [9.17, 15) is 9.59 Å². The maximum absolute atomic E-state index is 12.8. The summed E-state index contributed by atoms with van der Waals surface area (Å²) in [6.45, 7) is 6.34. The molecule has 1 fully saturated rings. The van der Waals surface area contributed by atoms with Crippen LogP contribution in [0.25, 0.3) is 0 Å². The van der Waals surface area contributed by atoms with Crippen LogP contribution < -0.4 is 15.5 Å². The van der Waals surface area contributed by atoms with Crippen molar-refractivity contribution in [2.24, 2.45) is 0 Å². The quantitative estimate of drug-likeness (QED) is 0.643. The highest BCUT2D eigenvalue weighted by Crippen LogP contribution is 2.21. The van der Waals surface area contributed by atoms with Crippen molar-refractivity contribution in [1.82, 2.24) is 9.97 Å². The number of rotatable bonds is 5. The third-order valence-electron chi connectivity index (χ3n) is 5.08. The van der Waals surface area contributed by atoms with Crippen molar-refractivity contribution in [3.8, 4) is 0 Å². The van der Waals surface area contributed by atoms with E-state index in [-0.39, 0.29) is 17.8 Å². The number of hydrogen-bond acceptors (Lipinski definition) is 6. The van der Waals surface area contributed by atoms with Crippen LogP contribution in [0.15, 0.2) is 54.6 Å². The first-order valence-electron chi connectivity index (χ1n) is 10.5. The predicted molar refractivity (Wildman–Crippen MR) is 123 cm³/mol. The molecule has 2 amide bonds. The van der Waals surface area contributed by atoms with Gasteiger partial charge in [0.2, 0.25) is 5.95 Å². The first-order chi connectivity index (χ1) is 15.5. The summed E-state index contributed by atoms with van der Waals surface area (Å²) in [5, 5.41) is 5.59. The third kappa shape index (κ3) is 5.28. The van der Waals surface area contributed by atoms with Gasteiger partial charge in [0, 0.05) is 30.3 Å². The van der Waals surface area contributed by atoms with E-state index in [0.29, 0.717) is 49.1 Å². The number of hydrogen-bond donors (Lipinski definition) is 2. The van der Waals surface area contributed by atoms with E-state index < -0.39 is 0 Å². The summed E-state index contributed by atoms with van der Waals surface area (Å²) in [7, 11) is 0. The number of benzene rings is 2. The number of aryl methyl sites for hydroxylation is 2. The molecule has 2 aromatic carbocycles. The molecular weight excluding hydrogens is 406 g/mol. The SMILES string of the molecule is Cc1cccc(C(=O)Nc2cc(N3CCOCC3)nc(NC(=O)c3cccc(C)c3)n2)c1. The van der Waals surface area contributed by atoms with Crippen LogP contribution in [0.2, 0.25) is 0 Å². The highest BCUT2D eigenvalue weighted by molar-refractivity contribution is 6.05. The maximum atomic E-state index is 12.8. The van der Waals surface area contributed by atoms with Crippen molar-refractivity contribution < 1.29 is 14.3 Å². The summed E-state index contributed by atoms with van der Waals surface area (Å²) in [5.74, 6) is 0.454. The lowest BCUT2D eigenvalue weighted by atomic mass is 10.1. The van der Waals surface area contributed by atoms with Crippen LogP contribution in [-0.2, 0) is 4.74 Å². The molecule has 2 N–H and O–H groups in total. The number of ether oxygens (including phenoxy) is 1. The molecule has 1 aliphatic heterocycles. The molecule has 2 heterocycles. The summed E-state index contributed by atoms with van der Waals surface area (Å²) in [6, 6.07) is 16.3. The van der Waals surface area contributed by atoms with Gasteiger partial charge in [-0.3, -0.25) is 14.9 Å². The Morgan fingerprint density at radius 1 is 0.844 bits per heavy atom. The number of carbonyl (C=O) groups excluding carboxylic acids is 2. The van der Waals surface area contributed by atoms with E-state index in [1.807, 2.05) is 43.0 Å². The fourth-order valence-electron chi connectivity index (χ4n) is 3.44. The van der Waals surface area contributed by atoms with Crippen LogP contribution in [0, 0.1) is 13.8 Å². The zero-order valence-corrected chi connectivity index (χ0v) is 18.1. The summed E-state index contributed by atoms with van der Waals surface area (Å²) in [6.07, 6.45) is 0. The molecule has 0 unspecified atom stereocenters. The highest BCUT2D eigenvalue weighted by atomic mass is 16.5. The average molecular weight is 431 g/mol. The van der Waals surface area contributed by atoms with Crippen molar-refractivity contribution in [2.75, 3.05) is 41.8 Å². The van der Waals surface area contributed by atoms with Gasteiger partial charge in [0.25, 0.3) is 11.8 Å². The van der Waals surface area contributed by atoms with Gasteiger partial charge < -0.3 is 15.0 Å². The molecule has 0 atom stereocenters. The second-order valence-corrected chi connectivity index (χ2v) is 7.68. The summed E-state index contributed by atoms with van der Waals surface area (Å²) in [5.41, 5.74) is 3.00. The van der Waals surface area contributed by atoms with Gasteiger partial charge in [-0.2, -0.15) is 9.97 Å². The van der Waals surface area contributed by atoms with Crippen molar-refractivity contribution in [2.45, 2.75) is 13.8 Å². The molecule has 164 valence electrons. The Labute approximate surface area is 186 Å². The van der Waals surface area contributed by atoms with Crippen LogP contribution in [0.5, 0.6) is 0 Å². The molecule has 0 bridgehead atoms. The Morgan fingerprint density at radius 3 is 2.03 bits per heavy atom. The number of amides is 2. The monoisotopic (exact) mass is 431 g/mol. The lowest BCUT2D eigenvalue weighted by molar-refractivity contribution is 0.101. The molecule has 0 aliphatic carbocycles. The molecule has 0 saturated carbocycles. The summed E-state index contributed by atoms with van der Waals surface area (Å²) < 4.78 is 5.42. The number of nitrogens with zero attached hydrogens (tertiary/aromatic N) is 3. The van der Waals surface area contributed by atoms with Gasteiger partial charge in [-0.25, -0.2) is 0 Å².